The molecule has 30 heavy (non-hydrogen) atoms. The third kappa shape index (κ3) is 4.76. The Balaban J connectivity index is 1.51. The summed E-state index contributed by atoms with van der Waals surface area (Å²) in [5.41, 5.74) is -0.453. The standard InChI is InChI=1S/C20H24N4O6/c1-3-20(2)18(28)24(19(29)23-20)10-16(26)30-11-15(25)22-14-7-5-4-6-13(14)17(27)21-12-8-9-12/h4-7,12H,3,8-11H2,1-2H3,(H,21,27)(H,22,25)(H,23,29)/t20-/m0/s1. The predicted molar refractivity (Wildman–Crippen MR) is 105 cm³/mol. The number of amides is 5. The molecule has 160 valence electrons. The number of hydrogen-bond acceptors (Lipinski definition) is 6. The van der Waals surface area contributed by atoms with Gasteiger partial charge in [0, 0.05) is 6.04 Å². The molecule has 1 aliphatic carbocycles. The molecular weight excluding hydrogens is 392 g/mol. The van der Waals surface area contributed by atoms with E-state index < -0.39 is 42.5 Å². The van der Waals surface area contributed by atoms with Gasteiger partial charge in [-0.25, -0.2) is 4.79 Å². The van der Waals surface area contributed by atoms with Crippen LogP contribution >= 0.6 is 0 Å². The lowest BCUT2D eigenvalue weighted by molar-refractivity contribution is -0.150. The molecule has 2 fully saturated rings. The number of esters is 1. The first-order valence-corrected chi connectivity index (χ1v) is 9.73. The Morgan fingerprint density at radius 1 is 1.23 bits per heavy atom. The summed E-state index contributed by atoms with van der Waals surface area (Å²) >= 11 is 0. The van der Waals surface area contributed by atoms with Crippen LogP contribution in [0.25, 0.3) is 0 Å². The van der Waals surface area contributed by atoms with E-state index in [4.69, 9.17) is 4.74 Å². The summed E-state index contributed by atoms with van der Waals surface area (Å²) in [5, 5.41) is 7.91. The lowest BCUT2D eigenvalue weighted by atomic mass is 9.99. The summed E-state index contributed by atoms with van der Waals surface area (Å²) in [6.07, 6.45) is 2.25. The summed E-state index contributed by atoms with van der Waals surface area (Å²) in [4.78, 5) is 61.4. The minimum absolute atomic E-state index is 0.169. The zero-order valence-electron chi connectivity index (χ0n) is 16.8. The zero-order chi connectivity index (χ0) is 21.9. The number of hydrogen-bond donors (Lipinski definition) is 3. The average molecular weight is 416 g/mol. The van der Waals surface area contributed by atoms with Crippen molar-refractivity contribution in [3.8, 4) is 0 Å². The Bertz CT molecular complexity index is 897. The number of urea groups is 1. The van der Waals surface area contributed by atoms with Crippen LogP contribution in [-0.2, 0) is 19.1 Å². The maximum absolute atomic E-state index is 12.3. The van der Waals surface area contributed by atoms with Crippen LogP contribution in [0.4, 0.5) is 10.5 Å². The van der Waals surface area contributed by atoms with Crippen molar-refractivity contribution in [3.63, 3.8) is 0 Å². The van der Waals surface area contributed by atoms with Gasteiger partial charge in [-0.2, -0.15) is 0 Å². The number of para-hydroxylation sites is 1. The SMILES string of the molecule is CC[C@]1(C)NC(=O)N(CC(=O)OCC(=O)Nc2ccccc2C(=O)NC2CC2)C1=O. The van der Waals surface area contributed by atoms with E-state index in [9.17, 15) is 24.0 Å². The maximum Gasteiger partial charge on any atom is 0.326 e. The fourth-order valence-corrected chi connectivity index (χ4v) is 2.92. The molecule has 0 unspecified atom stereocenters. The zero-order valence-corrected chi connectivity index (χ0v) is 16.8. The number of imide groups is 1. The second-order valence-corrected chi connectivity index (χ2v) is 7.51. The van der Waals surface area contributed by atoms with Crippen molar-refractivity contribution in [2.75, 3.05) is 18.5 Å². The van der Waals surface area contributed by atoms with Crippen molar-refractivity contribution in [1.82, 2.24) is 15.5 Å². The summed E-state index contributed by atoms with van der Waals surface area (Å²) in [6, 6.07) is 5.99. The predicted octanol–water partition coefficient (Wildman–Crippen LogP) is 0.781. The van der Waals surface area contributed by atoms with E-state index in [2.05, 4.69) is 16.0 Å². The number of nitrogens with zero attached hydrogens (tertiary/aromatic N) is 1. The molecule has 0 spiro atoms. The Labute approximate surface area is 173 Å². The molecule has 5 amide bonds. The average Bonchev–Trinajstić information content (AvgIpc) is 3.50. The molecule has 1 atom stereocenters. The van der Waals surface area contributed by atoms with Crippen LogP contribution in [0.3, 0.4) is 0 Å². The molecule has 1 heterocycles. The molecule has 0 radical (unpaired) electrons. The van der Waals surface area contributed by atoms with E-state index >= 15 is 0 Å². The van der Waals surface area contributed by atoms with Gasteiger partial charge in [-0.3, -0.25) is 24.1 Å². The van der Waals surface area contributed by atoms with Crippen molar-refractivity contribution in [2.45, 2.75) is 44.7 Å². The highest BCUT2D eigenvalue weighted by Crippen LogP contribution is 2.22. The van der Waals surface area contributed by atoms with Gasteiger partial charge in [0.25, 0.3) is 17.7 Å². The Kier molecular flexibility index (Phi) is 6.04. The van der Waals surface area contributed by atoms with Crippen molar-refractivity contribution < 1.29 is 28.7 Å². The fourth-order valence-electron chi connectivity index (χ4n) is 2.92. The first kappa shape index (κ1) is 21.3. The van der Waals surface area contributed by atoms with E-state index in [1.165, 1.54) is 0 Å². The van der Waals surface area contributed by atoms with Crippen molar-refractivity contribution in [2.24, 2.45) is 0 Å². The molecule has 10 heteroatoms. The van der Waals surface area contributed by atoms with Crippen molar-refractivity contribution >= 4 is 35.4 Å². The lowest BCUT2D eigenvalue weighted by Crippen LogP contribution is -2.43. The van der Waals surface area contributed by atoms with Crippen molar-refractivity contribution in [3.05, 3.63) is 29.8 Å². The molecule has 0 bridgehead atoms. The van der Waals surface area contributed by atoms with E-state index in [-0.39, 0.29) is 11.9 Å². The van der Waals surface area contributed by atoms with Crippen LogP contribution in [0.15, 0.2) is 24.3 Å². The second-order valence-electron chi connectivity index (χ2n) is 7.51. The first-order chi connectivity index (χ1) is 14.2. The lowest BCUT2D eigenvalue weighted by Gasteiger charge is -2.18. The minimum atomic E-state index is -1.06. The highest BCUT2D eigenvalue weighted by molar-refractivity contribution is 6.08. The highest BCUT2D eigenvalue weighted by Gasteiger charge is 2.47. The number of benzene rings is 1. The van der Waals surface area contributed by atoms with Crippen LogP contribution in [0, 0.1) is 0 Å². The Morgan fingerprint density at radius 3 is 2.57 bits per heavy atom. The van der Waals surface area contributed by atoms with Gasteiger partial charge in [0.15, 0.2) is 6.61 Å². The third-order valence-corrected chi connectivity index (χ3v) is 5.06. The monoisotopic (exact) mass is 416 g/mol. The number of nitrogens with one attached hydrogen (secondary N) is 3. The first-order valence-electron chi connectivity index (χ1n) is 9.73. The van der Waals surface area contributed by atoms with Gasteiger partial charge in [-0.15, -0.1) is 0 Å². The van der Waals surface area contributed by atoms with Gasteiger partial charge in [0.1, 0.15) is 12.1 Å². The van der Waals surface area contributed by atoms with Gasteiger partial charge < -0.3 is 20.7 Å². The Hall–Kier alpha value is -3.43. The number of carbonyl (C=O) groups excluding carboxylic acids is 5. The minimum Gasteiger partial charge on any atom is -0.454 e. The summed E-state index contributed by atoms with van der Waals surface area (Å²) in [6.45, 7) is 2.11. The topological polar surface area (TPSA) is 134 Å². The van der Waals surface area contributed by atoms with Gasteiger partial charge in [0.05, 0.1) is 11.3 Å². The molecule has 1 aromatic carbocycles. The van der Waals surface area contributed by atoms with Crippen LogP contribution in [0.2, 0.25) is 0 Å². The number of ether oxygens (including phenoxy) is 1. The van der Waals surface area contributed by atoms with Crippen LogP contribution in [0.5, 0.6) is 0 Å². The molecule has 1 saturated heterocycles. The second kappa shape index (κ2) is 8.52. The quantitative estimate of drug-likeness (QED) is 0.424. The fraction of sp³-hybridized carbons (Fsp3) is 0.450. The van der Waals surface area contributed by atoms with Crippen LogP contribution in [0.1, 0.15) is 43.5 Å². The van der Waals surface area contributed by atoms with E-state index in [0.29, 0.717) is 17.7 Å². The van der Waals surface area contributed by atoms with Crippen LogP contribution in [-0.4, -0.2) is 59.4 Å². The molecular formula is C20H24N4O6. The third-order valence-electron chi connectivity index (χ3n) is 5.06. The van der Waals surface area contributed by atoms with Crippen molar-refractivity contribution in [1.29, 1.82) is 0 Å². The number of carbonyl (C=O) groups is 5. The van der Waals surface area contributed by atoms with Gasteiger partial charge in [-0.1, -0.05) is 19.1 Å². The smallest absolute Gasteiger partial charge is 0.326 e. The van der Waals surface area contributed by atoms with Crippen LogP contribution < -0.4 is 16.0 Å². The molecule has 1 aromatic rings. The highest BCUT2D eigenvalue weighted by atomic mass is 16.5. The maximum atomic E-state index is 12.3. The molecule has 2 aliphatic rings. The molecule has 1 saturated carbocycles. The van der Waals surface area contributed by atoms with Gasteiger partial charge in [0.2, 0.25) is 0 Å². The molecule has 0 aromatic heterocycles. The molecule has 3 rings (SSSR count). The summed E-state index contributed by atoms with van der Waals surface area (Å²) in [5.74, 6) is -2.35. The van der Waals surface area contributed by atoms with Gasteiger partial charge >= 0.3 is 12.0 Å². The van der Waals surface area contributed by atoms with E-state index in [0.717, 1.165) is 17.7 Å². The number of anilines is 1. The summed E-state index contributed by atoms with van der Waals surface area (Å²) in [7, 11) is 0. The normalized spacial score (nSPS) is 20.5. The molecule has 1 aliphatic heterocycles. The molecule has 10 nitrogen and oxygen atoms in total. The largest absolute Gasteiger partial charge is 0.454 e. The number of rotatable bonds is 8. The Morgan fingerprint density at radius 2 is 1.93 bits per heavy atom. The van der Waals surface area contributed by atoms with Gasteiger partial charge in [-0.05, 0) is 38.3 Å². The van der Waals surface area contributed by atoms with E-state index in [1.54, 1.807) is 38.1 Å². The van der Waals surface area contributed by atoms with E-state index in [1.807, 2.05) is 0 Å². The molecule has 3 N–H and O–H groups in total. The summed E-state index contributed by atoms with van der Waals surface area (Å²) < 4.78 is 4.89.